The molecular weight excluding hydrogens is 493 g/mol. The van der Waals surface area contributed by atoms with Crippen molar-refractivity contribution in [3.8, 4) is 0 Å². The first-order valence-corrected chi connectivity index (χ1v) is 13.8. The van der Waals surface area contributed by atoms with Crippen LogP contribution in [0.25, 0.3) is 0 Å². The fourth-order valence-electron chi connectivity index (χ4n) is 8.80. The highest BCUT2D eigenvalue weighted by molar-refractivity contribution is 5.80. The van der Waals surface area contributed by atoms with Crippen LogP contribution in [0, 0.1) is 46.7 Å². The van der Waals surface area contributed by atoms with Crippen LogP contribution in [-0.4, -0.2) is 40.9 Å². The summed E-state index contributed by atoms with van der Waals surface area (Å²) in [4.78, 5) is 37.9. The van der Waals surface area contributed by atoms with Crippen molar-refractivity contribution in [1.82, 2.24) is 0 Å². The Kier molecular flexibility index (Phi) is 6.30. The molecule has 1 aromatic carbocycles. The van der Waals surface area contributed by atoms with Crippen molar-refractivity contribution >= 4 is 17.9 Å². The van der Waals surface area contributed by atoms with Crippen molar-refractivity contribution < 1.29 is 38.1 Å². The lowest BCUT2D eigenvalue weighted by atomic mass is 9.49. The monoisotopic (exact) mass is 529 g/mol. The molecule has 7 rings (SSSR count). The third kappa shape index (κ3) is 4.51. The van der Waals surface area contributed by atoms with Gasteiger partial charge >= 0.3 is 17.9 Å². The summed E-state index contributed by atoms with van der Waals surface area (Å²) in [6, 6.07) is 5.88. The molecular formula is C29H36FNO7. The molecule has 1 aromatic rings. The van der Waals surface area contributed by atoms with Gasteiger partial charge in [0.1, 0.15) is 5.82 Å². The molecule has 0 amide bonds. The van der Waals surface area contributed by atoms with Crippen LogP contribution in [0.2, 0.25) is 0 Å². The maximum absolute atomic E-state index is 13.2. The SMILES string of the molecule is C[C@H](OC(=O)[C@H]1[C@@H]2C[C@@H](OCc3ccc(F)cc3)[C@@](N)(CC(=O)O)[C@@H]21)OC(=O)C12CC3CC(CC(C3)C1)C2. The first-order chi connectivity index (χ1) is 18.1. The molecule has 38 heavy (non-hydrogen) atoms. The lowest BCUT2D eigenvalue weighted by Crippen LogP contribution is -2.54. The third-order valence-corrected chi connectivity index (χ3v) is 10.00. The standard InChI is InChI=1S/C29H36FNO7/c1-15(38-27(35)28-10-17-6-18(11-28)8-19(7-17)12-28)37-26(34)24-21-9-22(29(31,25(21)24)13-23(32)33)36-14-16-2-4-20(30)5-3-16/h2-5,15,17-19,21-22,24-25H,6-14,31H2,1H3,(H,32,33)/t15-,17?,18?,19?,21+,22-,24+,25+,28?,29+/m1/s1. The maximum atomic E-state index is 13.2. The molecule has 6 aliphatic rings. The van der Waals surface area contributed by atoms with Gasteiger partial charge in [-0.15, -0.1) is 0 Å². The van der Waals surface area contributed by atoms with Crippen molar-refractivity contribution in [2.75, 3.05) is 0 Å². The van der Waals surface area contributed by atoms with Crippen molar-refractivity contribution in [2.24, 2.45) is 46.7 Å². The number of hydrogen-bond acceptors (Lipinski definition) is 7. The van der Waals surface area contributed by atoms with Gasteiger partial charge in [-0.05, 0) is 92.2 Å². The van der Waals surface area contributed by atoms with E-state index < -0.39 is 47.1 Å². The Morgan fingerprint density at radius 3 is 2.21 bits per heavy atom. The molecule has 0 aliphatic heterocycles. The van der Waals surface area contributed by atoms with Crippen molar-refractivity contribution in [3.63, 3.8) is 0 Å². The predicted molar refractivity (Wildman–Crippen MR) is 131 cm³/mol. The number of carbonyl (C=O) groups excluding carboxylic acids is 2. The van der Waals surface area contributed by atoms with Crippen LogP contribution in [0.4, 0.5) is 4.39 Å². The molecule has 9 heteroatoms. The fourth-order valence-corrected chi connectivity index (χ4v) is 8.80. The highest BCUT2D eigenvalue weighted by atomic mass is 19.1. The van der Waals surface area contributed by atoms with Crippen LogP contribution in [0.15, 0.2) is 24.3 Å². The zero-order valence-corrected chi connectivity index (χ0v) is 21.6. The van der Waals surface area contributed by atoms with Crippen LogP contribution < -0.4 is 5.73 Å². The zero-order chi connectivity index (χ0) is 26.8. The Labute approximate surface area is 221 Å². The summed E-state index contributed by atoms with van der Waals surface area (Å²) in [5, 5.41) is 9.54. The first-order valence-electron chi connectivity index (χ1n) is 13.8. The maximum Gasteiger partial charge on any atom is 0.315 e. The number of carboxylic acids is 1. The summed E-state index contributed by atoms with van der Waals surface area (Å²) in [7, 11) is 0. The molecule has 0 aromatic heterocycles. The van der Waals surface area contributed by atoms with Gasteiger partial charge in [-0.2, -0.15) is 0 Å². The van der Waals surface area contributed by atoms with E-state index in [1.54, 1.807) is 19.1 Å². The molecule has 3 N–H and O–H groups in total. The second-order valence-corrected chi connectivity index (χ2v) is 12.7. The second-order valence-electron chi connectivity index (χ2n) is 12.7. The minimum absolute atomic E-state index is 0.156. The molecule has 0 unspecified atom stereocenters. The first kappa shape index (κ1) is 25.7. The van der Waals surface area contributed by atoms with E-state index in [2.05, 4.69) is 0 Å². The molecule has 0 heterocycles. The van der Waals surface area contributed by atoms with Gasteiger partial charge in [0.2, 0.25) is 6.29 Å². The van der Waals surface area contributed by atoms with Crippen LogP contribution in [0.1, 0.15) is 63.9 Å². The number of esters is 2. The van der Waals surface area contributed by atoms with Crippen LogP contribution in [-0.2, 0) is 35.2 Å². The van der Waals surface area contributed by atoms with E-state index in [1.165, 1.54) is 31.4 Å². The average Bonchev–Trinajstić information content (AvgIpc) is 3.49. The average molecular weight is 530 g/mol. The molecule has 0 spiro atoms. The lowest BCUT2D eigenvalue weighted by molar-refractivity contribution is -0.203. The Morgan fingerprint density at radius 2 is 1.63 bits per heavy atom. The molecule has 6 atom stereocenters. The zero-order valence-electron chi connectivity index (χ0n) is 21.6. The molecule has 6 aliphatic carbocycles. The minimum Gasteiger partial charge on any atom is -0.481 e. The van der Waals surface area contributed by atoms with Gasteiger partial charge in [-0.25, -0.2) is 4.39 Å². The molecule has 0 saturated heterocycles. The highest BCUT2D eigenvalue weighted by Crippen LogP contribution is 2.64. The Bertz CT molecular complexity index is 1090. The summed E-state index contributed by atoms with van der Waals surface area (Å²) < 4.78 is 30.4. The number of carboxylic acid groups (broad SMARTS) is 1. The van der Waals surface area contributed by atoms with E-state index in [4.69, 9.17) is 19.9 Å². The molecule has 206 valence electrons. The number of benzene rings is 1. The number of aliphatic carboxylic acids is 1. The number of fused-ring (bicyclic) bond motifs is 1. The van der Waals surface area contributed by atoms with Crippen molar-refractivity contribution in [2.45, 2.75) is 82.8 Å². The van der Waals surface area contributed by atoms with E-state index in [1.807, 2.05) is 0 Å². The van der Waals surface area contributed by atoms with Gasteiger partial charge in [-0.1, -0.05) is 12.1 Å². The topological polar surface area (TPSA) is 125 Å². The summed E-state index contributed by atoms with van der Waals surface area (Å²) >= 11 is 0. The van der Waals surface area contributed by atoms with Crippen LogP contribution in [0.3, 0.4) is 0 Å². The molecule has 8 nitrogen and oxygen atoms in total. The smallest absolute Gasteiger partial charge is 0.315 e. The minimum atomic E-state index is -1.24. The van der Waals surface area contributed by atoms with Crippen molar-refractivity contribution in [1.29, 1.82) is 0 Å². The third-order valence-electron chi connectivity index (χ3n) is 10.00. The summed E-state index contributed by atoms with van der Waals surface area (Å²) in [6.45, 7) is 1.73. The van der Waals surface area contributed by atoms with Gasteiger partial charge in [0, 0.05) is 6.92 Å². The van der Waals surface area contributed by atoms with E-state index >= 15 is 0 Å². The van der Waals surface area contributed by atoms with Gasteiger partial charge < -0.3 is 25.1 Å². The number of hydrogen-bond donors (Lipinski definition) is 2. The largest absolute Gasteiger partial charge is 0.481 e. The molecule has 0 radical (unpaired) electrons. The van der Waals surface area contributed by atoms with E-state index in [0.29, 0.717) is 24.2 Å². The Hall–Kier alpha value is -2.52. The summed E-state index contributed by atoms with van der Waals surface area (Å²) in [5.74, 6) is -1.48. The quantitative estimate of drug-likeness (QED) is 0.366. The number of ether oxygens (including phenoxy) is 3. The van der Waals surface area contributed by atoms with Gasteiger partial charge in [0.15, 0.2) is 0 Å². The van der Waals surface area contributed by atoms with Crippen LogP contribution in [0.5, 0.6) is 0 Å². The fraction of sp³-hybridized carbons (Fsp3) is 0.690. The molecule has 4 bridgehead atoms. The van der Waals surface area contributed by atoms with Gasteiger partial charge in [0.25, 0.3) is 0 Å². The number of carbonyl (C=O) groups is 3. The van der Waals surface area contributed by atoms with Gasteiger partial charge in [-0.3, -0.25) is 14.4 Å². The van der Waals surface area contributed by atoms with E-state index in [-0.39, 0.29) is 30.7 Å². The Morgan fingerprint density at radius 1 is 1.03 bits per heavy atom. The predicted octanol–water partition coefficient (Wildman–Crippen LogP) is 3.80. The normalized spacial score (nSPS) is 40.9. The number of rotatable bonds is 9. The summed E-state index contributed by atoms with van der Waals surface area (Å²) in [5.41, 5.74) is 5.70. The van der Waals surface area contributed by atoms with E-state index in [0.717, 1.165) is 24.8 Å². The van der Waals surface area contributed by atoms with Gasteiger partial charge in [0.05, 0.1) is 36.0 Å². The molecule has 6 saturated carbocycles. The van der Waals surface area contributed by atoms with E-state index in [9.17, 15) is 23.9 Å². The number of nitrogens with two attached hydrogens (primary N) is 1. The second kappa shape index (κ2) is 9.30. The number of halogens is 1. The molecule has 6 fully saturated rings. The van der Waals surface area contributed by atoms with Crippen molar-refractivity contribution in [3.05, 3.63) is 35.6 Å². The Balaban J connectivity index is 1.05. The summed E-state index contributed by atoms with van der Waals surface area (Å²) in [6.07, 6.45) is 4.77. The highest BCUT2D eigenvalue weighted by Gasteiger charge is 2.72. The lowest BCUT2D eigenvalue weighted by Gasteiger charge is -2.55. The van der Waals surface area contributed by atoms with Crippen LogP contribution >= 0.6 is 0 Å².